The molecule has 2 N–H and O–H groups in total. The van der Waals surface area contributed by atoms with Crippen molar-refractivity contribution >= 4 is 23.3 Å². The summed E-state index contributed by atoms with van der Waals surface area (Å²) in [7, 11) is 0. The number of carbonyl (C=O) groups excluding carboxylic acids is 1. The number of hydrogen-bond acceptors (Lipinski definition) is 4. The molecule has 0 saturated carbocycles. The van der Waals surface area contributed by atoms with E-state index in [-0.39, 0.29) is 5.91 Å². The molecule has 0 aliphatic rings. The van der Waals surface area contributed by atoms with Crippen LogP contribution in [0.2, 0.25) is 0 Å². The minimum Gasteiger partial charge on any atom is -0.348 e. The molecule has 0 atom stereocenters. The summed E-state index contributed by atoms with van der Waals surface area (Å²) in [5, 5.41) is 12.1. The van der Waals surface area contributed by atoms with Gasteiger partial charge >= 0.3 is 0 Å². The lowest BCUT2D eigenvalue weighted by Gasteiger charge is -1.97. The third-order valence-corrected chi connectivity index (χ3v) is 2.86. The SMILES string of the molecule is Cc1nc(/C=C/C(=O)NCc2cn[nH]c2)cs1. The third-order valence-electron chi connectivity index (χ3n) is 2.06. The summed E-state index contributed by atoms with van der Waals surface area (Å²) in [5.74, 6) is -0.142. The topological polar surface area (TPSA) is 70.7 Å². The monoisotopic (exact) mass is 248 g/mol. The van der Waals surface area contributed by atoms with E-state index >= 15 is 0 Å². The number of rotatable bonds is 4. The number of nitrogens with one attached hydrogen (secondary N) is 2. The van der Waals surface area contributed by atoms with Crippen molar-refractivity contribution in [1.82, 2.24) is 20.5 Å². The van der Waals surface area contributed by atoms with Crippen LogP contribution in [-0.2, 0) is 11.3 Å². The zero-order valence-corrected chi connectivity index (χ0v) is 10.1. The lowest BCUT2D eigenvalue weighted by Crippen LogP contribution is -2.19. The van der Waals surface area contributed by atoms with E-state index in [1.165, 1.54) is 6.08 Å². The van der Waals surface area contributed by atoms with Gasteiger partial charge in [-0.15, -0.1) is 11.3 Å². The van der Waals surface area contributed by atoms with E-state index in [1.54, 1.807) is 29.8 Å². The third kappa shape index (κ3) is 3.53. The molecule has 2 rings (SSSR count). The molecule has 0 radical (unpaired) electrons. The highest BCUT2D eigenvalue weighted by molar-refractivity contribution is 7.09. The quantitative estimate of drug-likeness (QED) is 0.806. The summed E-state index contributed by atoms with van der Waals surface area (Å²) in [6, 6.07) is 0. The number of aryl methyl sites for hydroxylation is 1. The molecule has 2 heterocycles. The highest BCUT2D eigenvalue weighted by atomic mass is 32.1. The summed E-state index contributed by atoms with van der Waals surface area (Å²) < 4.78 is 0. The first-order valence-corrected chi connectivity index (χ1v) is 5.98. The van der Waals surface area contributed by atoms with Crippen LogP contribution in [0.4, 0.5) is 0 Å². The molecule has 0 saturated heterocycles. The fourth-order valence-electron chi connectivity index (χ4n) is 1.24. The van der Waals surface area contributed by atoms with Crippen molar-refractivity contribution in [3.05, 3.63) is 40.1 Å². The molecule has 17 heavy (non-hydrogen) atoms. The van der Waals surface area contributed by atoms with E-state index in [4.69, 9.17) is 0 Å². The number of amides is 1. The summed E-state index contributed by atoms with van der Waals surface area (Å²) in [6.07, 6.45) is 6.60. The molecule has 2 aromatic heterocycles. The predicted octanol–water partition coefficient (Wildman–Crippen LogP) is 1.50. The van der Waals surface area contributed by atoms with Crippen molar-refractivity contribution in [3.8, 4) is 0 Å². The Morgan fingerprint density at radius 3 is 3.18 bits per heavy atom. The van der Waals surface area contributed by atoms with Gasteiger partial charge in [0.25, 0.3) is 0 Å². The molecule has 0 bridgehead atoms. The van der Waals surface area contributed by atoms with E-state index in [9.17, 15) is 4.79 Å². The fraction of sp³-hybridized carbons (Fsp3) is 0.182. The second-order valence-corrected chi connectivity index (χ2v) is 4.51. The first kappa shape index (κ1) is 11.5. The van der Waals surface area contributed by atoms with Crippen molar-refractivity contribution in [2.45, 2.75) is 13.5 Å². The maximum absolute atomic E-state index is 11.5. The molecule has 5 nitrogen and oxygen atoms in total. The fourth-order valence-corrected chi connectivity index (χ4v) is 1.82. The number of hydrogen-bond donors (Lipinski definition) is 2. The largest absolute Gasteiger partial charge is 0.348 e. The Hall–Kier alpha value is -1.95. The van der Waals surface area contributed by atoms with Gasteiger partial charge in [0.05, 0.1) is 16.9 Å². The van der Waals surface area contributed by atoms with Crippen molar-refractivity contribution in [3.63, 3.8) is 0 Å². The Balaban J connectivity index is 1.83. The summed E-state index contributed by atoms with van der Waals surface area (Å²) in [5.41, 5.74) is 1.75. The van der Waals surface area contributed by atoms with E-state index < -0.39 is 0 Å². The van der Waals surface area contributed by atoms with Crippen LogP contribution in [0.5, 0.6) is 0 Å². The standard InChI is InChI=1S/C11H12N4OS/c1-8-15-10(7-17-8)2-3-11(16)12-4-9-5-13-14-6-9/h2-3,5-7H,4H2,1H3,(H,12,16)(H,13,14)/b3-2+. The van der Waals surface area contributed by atoms with Crippen LogP contribution in [-0.4, -0.2) is 21.1 Å². The van der Waals surface area contributed by atoms with Gasteiger partial charge in [0.2, 0.25) is 5.91 Å². The summed E-state index contributed by atoms with van der Waals surface area (Å²) in [4.78, 5) is 15.7. The zero-order valence-electron chi connectivity index (χ0n) is 9.30. The number of nitrogens with zero attached hydrogens (tertiary/aromatic N) is 2. The second-order valence-electron chi connectivity index (χ2n) is 3.45. The molecule has 2 aromatic rings. The molecule has 0 aromatic carbocycles. The number of thiazole rings is 1. The van der Waals surface area contributed by atoms with Gasteiger partial charge in [-0.2, -0.15) is 5.10 Å². The lowest BCUT2D eigenvalue weighted by molar-refractivity contribution is -0.116. The van der Waals surface area contributed by atoms with Crippen LogP contribution in [0.1, 0.15) is 16.3 Å². The van der Waals surface area contributed by atoms with Crippen LogP contribution in [0.25, 0.3) is 6.08 Å². The van der Waals surface area contributed by atoms with Gasteiger partial charge in [-0.1, -0.05) is 0 Å². The second kappa shape index (κ2) is 5.40. The van der Waals surface area contributed by atoms with Gasteiger partial charge in [-0.05, 0) is 13.0 Å². The molecule has 0 spiro atoms. The van der Waals surface area contributed by atoms with Gasteiger partial charge < -0.3 is 5.32 Å². The van der Waals surface area contributed by atoms with Crippen molar-refractivity contribution in [1.29, 1.82) is 0 Å². The highest BCUT2D eigenvalue weighted by Gasteiger charge is 1.98. The summed E-state index contributed by atoms with van der Waals surface area (Å²) >= 11 is 1.56. The Morgan fingerprint density at radius 1 is 1.65 bits per heavy atom. The molecular formula is C11H12N4OS. The summed E-state index contributed by atoms with van der Waals surface area (Å²) in [6.45, 7) is 2.40. The number of H-pyrrole nitrogens is 1. The number of aromatic amines is 1. The van der Waals surface area contributed by atoms with Crippen molar-refractivity contribution < 1.29 is 4.79 Å². The van der Waals surface area contributed by atoms with Crippen molar-refractivity contribution in [2.24, 2.45) is 0 Å². The molecule has 0 fully saturated rings. The van der Waals surface area contributed by atoms with E-state index in [0.717, 1.165) is 16.3 Å². The molecule has 6 heteroatoms. The van der Waals surface area contributed by atoms with Gasteiger partial charge in [-0.3, -0.25) is 9.89 Å². The first-order valence-electron chi connectivity index (χ1n) is 5.10. The maximum Gasteiger partial charge on any atom is 0.244 e. The minimum atomic E-state index is -0.142. The van der Waals surface area contributed by atoms with E-state index in [0.29, 0.717) is 6.54 Å². The Labute approximate surface area is 103 Å². The zero-order chi connectivity index (χ0) is 12.1. The highest BCUT2D eigenvalue weighted by Crippen LogP contribution is 2.08. The maximum atomic E-state index is 11.5. The van der Waals surface area contributed by atoms with Crippen LogP contribution >= 0.6 is 11.3 Å². The van der Waals surface area contributed by atoms with E-state index in [2.05, 4.69) is 20.5 Å². The number of carbonyl (C=O) groups is 1. The van der Waals surface area contributed by atoms with Gasteiger partial charge in [-0.25, -0.2) is 4.98 Å². The molecule has 88 valence electrons. The van der Waals surface area contributed by atoms with E-state index in [1.807, 2.05) is 12.3 Å². The molecule has 0 unspecified atom stereocenters. The van der Waals surface area contributed by atoms with Crippen LogP contribution in [0.15, 0.2) is 23.8 Å². The normalized spacial score (nSPS) is 10.9. The van der Waals surface area contributed by atoms with Gasteiger partial charge in [0, 0.05) is 29.8 Å². The minimum absolute atomic E-state index is 0.142. The average molecular weight is 248 g/mol. The predicted molar refractivity (Wildman–Crippen MR) is 66.3 cm³/mol. The molecule has 1 amide bonds. The lowest BCUT2D eigenvalue weighted by atomic mass is 10.3. The smallest absolute Gasteiger partial charge is 0.244 e. The molecule has 0 aliphatic carbocycles. The Kier molecular flexibility index (Phi) is 3.66. The first-order chi connectivity index (χ1) is 8.24. The number of aromatic nitrogens is 3. The van der Waals surface area contributed by atoms with Crippen LogP contribution in [0, 0.1) is 6.92 Å². The Bertz CT molecular complexity index is 515. The van der Waals surface area contributed by atoms with Crippen molar-refractivity contribution in [2.75, 3.05) is 0 Å². The van der Waals surface area contributed by atoms with Gasteiger partial charge in [0.15, 0.2) is 0 Å². The molecular weight excluding hydrogens is 236 g/mol. The van der Waals surface area contributed by atoms with Crippen LogP contribution < -0.4 is 5.32 Å². The van der Waals surface area contributed by atoms with Gasteiger partial charge in [0.1, 0.15) is 0 Å². The Morgan fingerprint density at radius 2 is 2.53 bits per heavy atom. The molecule has 0 aliphatic heterocycles. The average Bonchev–Trinajstić information content (AvgIpc) is 2.95. The van der Waals surface area contributed by atoms with Crippen LogP contribution in [0.3, 0.4) is 0 Å².